The molecule has 1 N–H and O–H groups in total. The van der Waals surface area contributed by atoms with Crippen molar-refractivity contribution in [2.45, 2.75) is 44.8 Å². The number of fused-ring (bicyclic) bond motifs is 2. The van der Waals surface area contributed by atoms with E-state index in [1.165, 1.54) is 16.3 Å². The summed E-state index contributed by atoms with van der Waals surface area (Å²) in [5.74, 6) is 0.840. The molecule has 0 fully saturated rings. The van der Waals surface area contributed by atoms with E-state index >= 15 is 0 Å². The maximum Gasteiger partial charge on any atom is 0.132 e. The monoisotopic (exact) mass is 453 g/mol. The van der Waals surface area contributed by atoms with Crippen LogP contribution >= 0.6 is 0 Å². The smallest absolute Gasteiger partial charge is 0.132 e. The third-order valence-electron chi connectivity index (χ3n) is 6.49. The minimum atomic E-state index is -0.538. The number of benzene rings is 4. The lowest BCUT2D eigenvalue weighted by atomic mass is 9.88. The van der Waals surface area contributed by atoms with E-state index in [2.05, 4.69) is 98.0 Å². The van der Waals surface area contributed by atoms with Gasteiger partial charge >= 0.3 is 0 Å². The average Bonchev–Trinajstić information content (AvgIpc) is 2.86. The summed E-state index contributed by atoms with van der Waals surface area (Å²) in [7, 11) is 1.74. The number of hydrogen-bond acceptors (Lipinski definition) is 4. The summed E-state index contributed by atoms with van der Waals surface area (Å²) in [5, 5.41) is 5.96. The van der Waals surface area contributed by atoms with Crippen LogP contribution in [-0.2, 0) is 22.6 Å². The molecule has 34 heavy (non-hydrogen) atoms. The van der Waals surface area contributed by atoms with Gasteiger partial charge in [-0.05, 0) is 60.0 Å². The Bertz CT molecular complexity index is 1270. The predicted octanol–water partition coefficient (Wildman–Crippen LogP) is 6.90. The zero-order chi connectivity index (χ0) is 23.5. The first-order valence-corrected chi connectivity index (χ1v) is 11.8. The van der Waals surface area contributed by atoms with E-state index < -0.39 is 5.60 Å². The van der Waals surface area contributed by atoms with Gasteiger partial charge in [0.1, 0.15) is 23.6 Å². The second-order valence-electron chi connectivity index (χ2n) is 9.37. The van der Waals surface area contributed by atoms with Crippen molar-refractivity contribution in [1.82, 2.24) is 0 Å². The summed E-state index contributed by atoms with van der Waals surface area (Å²) in [4.78, 5) is 0. The Morgan fingerprint density at radius 1 is 0.824 bits per heavy atom. The normalized spacial score (nSPS) is 18.8. The zero-order valence-corrected chi connectivity index (χ0v) is 20.0. The van der Waals surface area contributed by atoms with Gasteiger partial charge in [-0.3, -0.25) is 0 Å². The van der Waals surface area contributed by atoms with E-state index in [1.807, 2.05) is 12.1 Å². The van der Waals surface area contributed by atoms with Crippen LogP contribution in [0.15, 0.2) is 91.0 Å². The topological polar surface area (TPSA) is 39.7 Å². The van der Waals surface area contributed by atoms with Crippen molar-refractivity contribution in [2.75, 3.05) is 12.4 Å². The van der Waals surface area contributed by atoms with Gasteiger partial charge in [0.05, 0.1) is 6.61 Å². The summed E-state index contributed by atoms with van der Waals surface area (Å²) in [6.45, 7) is 5.37. The van der Waals surface area contributed by atoms with Crippen LogP contribution in [0.1, 0.15) is 36.6 Å². The SMILES string of the molecule is COC1c2cc(NCc3ccccc3)ccc2OC(C)(C)C1OCc1ccc2ccccc2c1. The average molecular weight is 454 g/mol. The van der Waals surface area contributed by atoms with E-state index in [4.69, 9.17) is 14.2 Å². The molecule has 4 aromatic carbocycles. The van der Waals surface area contributed by atoms with Gasteiger partial charge in [0.25, 0.3) is 0 Å². The highest BCUT2D eigenvalue weighted by Gasteiger charge is 2.45. The van der Waals surface area contributed by atoms with Gasteiger partial charge in [-0.1, -0.05) is 66.7 Å². The molecule has 0 amide bonds. The van der Waals surface area contributed by atoms with Gasteiger partial charge in [0.2, 0.25) is 0 Å². The van der Waals surface area contributed by atoms with Crippen LogP contribution in [0.4, 0.5) is 5.69 Å². The van der Waals surface area contributed by atoms with Crippen molar-refractivity contribution in [2.24, 2.45) is 0 Å². The Kier molecular flexibility index (Phi) is 6.27. The molecule has 0 aromatic heterocycles. The third kappa shape index (κ3) is 4.65. The molecule has 4 heteroatoms. The molecule has 0 radical (unpaired) electrons. The van der Waals surface area contributed by atoms with Gasteiger partial charge in [-0.2, -0.15) is 0 Å². The van der Waals surface area contributed by atoms with Crippen molar-refractivity contribution in [3.8, 4) is 5.75 Å². The quantitative estimate of drug-likeness (QED) is 0.330. The molecular formula is C30H31NO3. The molecule has 0 bridgehead atoms. The first kappa shape index (κ1) is 22.5. The summed E-state index contributed by atoms with van der Waals surface area (Å²) in [6, 6.07) is 31.4. The van der Waals surface area contributed by atoms with Crippen molar-refractivity contribution >= 4 is 16.5 Å². The molecule has 0 saturated heterocycles. The van der Waals surface area contributed by atoms with E-state index in [-0.39, 0.29) is 12.2 Å². The van der Waals surface area contributed by atoms with Crippen molar-refractivity contribution in [3.05, 3.63) is 108 Å². The Morgan fingerprint density at radius 3 is 2.38 bits per heavy atom. The number of rotatable bonds is 7. The lowest BCUT2D eigenvalue weighted by Crippen LogP contribution is -2.50. The molecule has 5 rings (SSSR count). The van der Waals surface area contributed by atoms with E-state index in [9.17, 15) is 0 Å². The number of nitrogens with one attached hydrogen (secondary N) is 1. The molecule has 174 valence electrons. The molecule has 2 atom stereocenters. The Hall–Kier alpha value is -3.34. The van der Waals surface area contributed by atoms with Gasteiger partial charge in [0, 0.05) is 24.9 Å². The summed E-state index contributed by atoms with van der Waals surface area (Å²) >= 11 is 0. The van der Waals surface area contributed by atoms with Crippen molar-refractivity contribution in [1.29, 1.82) is 0 Å². The summed E-state index contributed by atoms with van der Waals surface area (Å²) in [5.41, 5.74) is 3.86. The fraction of sp³-hybridized carbons (Fsp3) is 0.267. The Morgan fingerprint density at radius 2 is 1.59 bits per heavy atom. The van der Waals surface area contributed by atoms with Crippen molar-refractivity contribution < 1.29 is 14.2 Å². The second-order valence-corrected chi connectivity index (χ2v) is 9.37. The van der Waals surface area contributed by atoms with E-state index in [1.54, 1.807) is 7.11 Å². The van der Waals surface area contributed by atoms with Crippen LogP contribution in [0.3, 0.4) is 0 Å². The van der Waals surface area contributed by atoms with E-state index in [0.717, 1.165) is 29.1 Å². The summed E-state index contributed by atoms with van der Waals surface area (Å²) < 4.78 is 18.9. The van der Waals surface area contributed by atoms with Crippen LogP contribution in [-0.4, -0.2) is 18.8 Å². The lowest BCUT2D eigenvalue weighted by Gasteiger charge is -2.44. The first-order valence-electron chi connectivity index (χ1n) is 11.8. The maximum atomic E-state index is 6.49. The first-order chi connectivity index (χ1) is 16.5. The van der Waals surface area contributed by atoms with E-state index in [0.29, 0.717) is 6.61 Å². The molecule has 0 aliphatic carbocycles. The molecule has 2 unspecified atom stereocenters. The molecule has 0 spiro atoms. The molecule has 4 nitrogen and oxygen atoms in total. The largest absolute Gasteiger partial charge is 0.485 e. The predicted molar refractivity (Wildman–Crippen MR) is 137 cm³/mol. The highest BCUT2D eigenvalue weighted by Crippen LogP contribution is 2.44. The van der Waals surface area contributed by atoms with Crippen molar-refractivity contribution in [3.63, 3.8) is 0 Å². The molecule has 1 aliphatic rings. The number of ether oxygens (including phenoxy) is 3. The zero-order valence-electron chi connectivity index (χ0n) is 20.0. The van der Waals surface area contributed by atoms with Gasteiger partial charge < -0.3 is 19.5 Å². The van der Waals surface area contributed by atoms with Crippen LogP contribution in [0.2, 0.25) is 0 Å². The number of hydrogen-bond donors (Lipinski definition) is 1. The molecular weight excluding hydrogens is 422 g/mol. The highest BCUT2D eigenvalue weighted by atomic mass is 16.6. The lowest BCUT2D eigenvalue weighted by molar-refractivity contribution is -0.159. The van der Waals surface area contributed by atoms with Gasteiger partial charge in [0.15, 0.2) is 0 Å². The van der Waals surface area contributed by atoms with Crippen LogP contribution in [0.5, 0.6) is 5.75 Å². The van der Waals surface area contributed by atoms with Crippen LogP contribution in [0.25, 0.3) is 10.8 Å². The highest BCUT2D eigenvalue weighted by molar-refractivity contribution is 5.82. The van der Waals surface area contributed by atoms with Crippen LogP contribution in [0, 0.1) is 0 Å². The molecule has 1 heterocycles. The van der Waals surface area contributed by atoms with Crippen LogP contribution < -0.4 is 10.1 Å². The van der Waals surface area contributed by atoms with Gasteiger partial charge in [-0.25, -0.2) is 0 Å². The third-order valence-corrected chi connectivity index (χ3v) is 6.49. The standard InChI is InChI=1S/C30H31NO3/c1-30(2)29(33-20-22-13-14-23-11-7-8-12-24(23)17-22)28(32-3)26-18-25(15-16-27(26)34-30)31-19-21-9-5-4-6-10-21/h4-18,28-29,31H,19-20H2,1-3H3. The number of anilines is 1. The van der Waals surface area contributed by atoms with Gasteiger partial charge in [-0.15, -0.1) is 0 Å². The Balaban J connectivity index is 1.36. The Labute approximate surface area is 201 Å². The fourth-order valence-corrected chi connectivity index (χ4v) is 4.70. The minimum absolute atomic E-state index is 0.238. The second kappa shape index (κ2) is 9.49. The number of methoxy groups -OCH3 is 1. The fourth-order valence-electron chi connectivity index (χ4n) is 4.70. The molecule has 4 aromatic rings. The molecule has 0 saturated carbocycles. The maximum absolute atomic E-state index is 6.49. The summed E-state index contributed by atoms with van der Waals surface area (Å²) in [6.07, 6.45) is -0.501. The molecule has 1 aliphatic heterocycles. The minimum Gasteiger partial charge on any atom is -0.485 e.